The molecule has 1 aliphatic rings. The number of aromatic nitrogens is 2. The summed E-state index contributed by atoms with van der Waals surface area (Å²) in [6.07, 6.45) is 5.92. The van der Waals surface area contributed by atoms with Gasteiger partial charge in [0.2, 0.25) is 0 Å². The van der Waals surface area contributed by atoms with Crippen LogP contribution < -0.4 is 15.8 Å². The molecule has 0 aliphatic carbocycles. The van der Waals surface area contributed by atoms with Gasteiger partial charge in [-0.2, -0.15) is 5.26 Å². The van der Waals surface area contributed by atoms with Gasteiger partial charge in [-0.25, -0.2) is 15.0 Å². The maximum Gasteiger partial charge on any atom is 0.253 e. The van der Waals surface area contributed by atoms with Crippen molar-refractivity contribution in [3.8, 4) is 6.07 Å². The number of nitrogens with one attached hydrogen (secondary N) is 2. The molecule has 0 bridgehead atoms. The highest BCUT2D eigenvalue weighted by Gasteiger charge is 2.29. The van der Waals surface area contributed by atoms with Crippen LogP contribution in [0.2, 0.25) is 0 Å². The highest BCUT2D eigenvalue weighted by molar-refractivity contribution is 5.94. The number of rotatable bonds is 4. The van der Waals surface area contributed by atoms with Crippen LogP contribution >= 0.6 is 0 Å². The third-order valence-corrected chi connectivity index (χ3v) is 3.76. The summed E-state index contributed by atoms with van der Waals surface area (Å²) < 4.78 is 0. The summed E-state index contributed by atoms with van der Waals surface area (Å²) in [6.45, 7) is 3.75. The number of carbonyl (C=O) groups excluding carboxylic acids is 1. The first-order valence-corrected chi connectivity index (χ1v) is 7.74. The van der Waals surface area contributed by atoms with Gasteiger partial charge in [0.05, 0.1) is 17.2 Å². The van der Waals surface area contributed by atoms with Gasteiger partial charge in [-0.15, -0.1) is 0 Å². The molecule has 1 amide bonds. The molecule has 0 saturated carbocycles. The van der Waals surface area contributed by atoms with E-state index in [2.05, 4.69) is 25.7 Å². The number of hydrazine groups is 1. The van der Waals surface area contributed by atoms with Crippen molar-refractivity contribution in [1.29, 1.82) is 5.26 Å². The lowest BCUT2D eigenvalue weighted by Gasteiger charge is -2.28. The molecule has 2 atom stereocenters. The van der Waals surface area contributed by atoms with Crippen molar-refractivity contribution < 1.29 is 4.79 Å². The highest BCUT2D eigenvalue weighted by atomic mass is 16.1. The van der Waals surface area contributed by atoms with E-state index in [0.29, 0.717) is 16.9 Å². The Morgan fingerprint density at radius 2 is 2.24 bits per heavy atom. The molecule has 0 saturated heterocycles. The Kier molecular flexibility index (Phi) is 4.57. The molecule has 1 aliphatic heterocycles. The molecule has 3 heterocycles. The SMILES string of the molecule is Cc1cncc(C(=O)NC(C)C2N=CNN2c2ccc(C#N)cn2)c1. The van der Waals surface area contributed by atoms with Gasteiger partial charge >= 0.3 is 0 Å². The largest absolute Gasteiger partial charge is 0.345 e. The molecule has 3 rings (SSSR count). The van der Waals surface area contributed by atoms with E-state index in [-0.39, 0.29) is 18.1 Å². The summed E-state index contributed by atoms with van der Waals surface area (Å²) in [5.74, 6) is 0.401. The number of nitrogens with zero attached hydrogens (tertiary/aromatic N) is 5. The van der Waals surface area contributed by atoms with E-state index >= 15 is 0 Å². The summed E-state index contributed by atoms with van der Waals surface area (Å²) in [7, 11) is 0. The van der Waals surface area contributed by atoms with E-state index in [0.717, 1.165) is 5.56 Å². The fourth-order valence-corrected chi connectivity index (χ4v) is 2.51. The summed E-state index contributed by atoms with van der Waals surface area (Å²) >= 11 is 0. The van der Waals surface area contributed by atoms with Crippen LogP contribution in [0.1, 0.15) is 28.4 Å². The predicted octanol–water partition coefficient (Wildman–Crippen LogP) is 1.15. The van der Waals surface area contributed by atoms with E-state index in [1.54, 1.807) is 35.7 Å². The van der Waals surface area contributed by atoms with Gasteiger partial charge in [0.15, 0.2) is 6.17 Å². The Morgan fingerprint density at radius 3 is 2.92 bits per heavy atom. The molecule has 25 heavy (non-hydrogen) atoms. The summed E-state index contributed by atoms with van der Waals surface area (Å²) in [4.78, 5) is 25.0. The van der Waals surface area contributed by atoms with Crippen LogP contribution in [-0.4, -0.2) is 34.4 Å². The maximum atomic E-state index is 12.4. The van der Waals surface area contributed by atoms with Crippen molar-refractivity contribution in [2.45, 2.75) is 26.1 Å². The standard InChI is InChI=1S/C17H17N7O/c1-11-5-14(9-19-7-11)17(25)23-12(2)16-21-10-22-24(16)15-4-3-13(6-18)8-20-15/h3-5,7-10,12,16H,1-2H3,(H,21,22)(H,23,25). The molecule has 2 N–H and O–H groups in total. The molecule has 2 aromatic rings. The number of anilines is 1. The van der Waals surface area contributed by atoms with E-state index in [1.165, 1.54) is 12.4 Å². The zero-order valence-electron chi connectivity index (χ0n) is 13.8. The molecule has 0 radical (unpaired) electrons. The van der Waals surface area contributed by atoms with Gasteiger partial charge in [0, 0.05) is 18.6 Å². The lowest BCUT2D eigenvalue weighted by molar-refractivity contribution is 0.0934. The molecule has 8 heteroatoms. The zero-order chi connectivity index (χ0) is 17.8. The smallest absolute Gasteiger partial charge is 0.253 e. The minimum Gasteiger partial charge on any atom is -0.345 e. The second-order valence-electron chi connectivity index (χ2n) is 5.72. The second kappa shape index (κ2) is 6.97. The Bertz CT molecular complexity index is 841. The van der Waals surface area contributed by atoms with Crippen LogP contribution in [0.5, 0.6) is 0 Å². The number of aryl methyl sites for hydroxylation is 1. The number of carbonyl (C=O) groups is 1. The highest BCUT2D eigenvalue weighted by Crippen LogP contribution is 2.18. The summed E-state index contributed by atoms with van der Waals surface area (Å²) in [6, 6.07) is 6.94. The summed E-state index contributed by atoms with van der Waals surface area (Å²) in [5.41, 5.74) is 4.90. The minimum absolute atomic E-state index is 0.210. The topological polar surface area (TPSA) is 106 Å². The molecule has 2 unspecified atom stereocenters. The van der Waals surface area contributed by atoms with Crippen molar-refractivity contribution in [1.82, 2.24) is 20.7 Å². The predicted molar refractivity (Wildman–Crippen MR) is 92.7 cm³/mol. The molecular formula is C17H17N7O. The average molecular weight is 335 g/mol. The molecule has 126 valence electrons. The number of pyridine rings is 2. The Balaban J connectivity index is 1.72. The van der Waals surface area contributed by atoms with Gasteiger partial charge in [-0.1, -0.05) is 0 Å². The Labute approximate surface area is 145 Å². The van der Waals surface area contributed by atoms with Gasteiger partial charge in [0.25, 0.3) is 5.91 Å². The van der Waals surface area contributed by atoms with Crippen LogP contribution in [0.4, 0.5) is 5.82 Å². The van der Waals surface area contributed by atoms with Crippen LogP contribution in [0, 0.1) is 18.3 Å². The number of nitriles is 1. The maximum absolute atomic E-state index is 12.4. The molecule has 0 spiro atoms. The monoisotopic (exact) mass is 335 g/mol. The fourth-order valence-electron chi connectivity index (χ4n) is 2.51. The van der Waals surface area contributed by atoms with Crippen LogP contribution in [0.3, 0.4) is 0 Å². The minimum atomic E-state index is -0.359. The van der Waals surface area contributed by atoms with Crippen LogP contribution in [-0.2, 0) is 0 Å². The van der Waals surface area contributed by atoms with E-state index in [9.17, 15) is 4.79 Å². The van der Waals surface area contributed by atoms with Gasteiger partial charge in [-0.05, 0) is 37.6 Å². The van der Waals surface area contributed by atoms with Gasteiger partial charge in [-0.3, -0.25) is 15.2 Å². The molecule has 0 fully saturated rings. The van der Waals surface area contributed by atoms with Crippen molar-refractivity contribution in [2.24, 2.45) is 4.99 Å². The van der Waals surface area contributed by atoms with Crippen molar-refractivity contribution >= 4 is 18.1 Å². The number of hydrogen-bond acceptors (Lipinski definition) is 7. The Hall–Kier alpha value is -3.47. The van der Waals surface area contributed by atoms with Crippen molar-refractivity contribution in [2.75, 3.05) is 5.01 Å². The van der Waals surface area contributed by atoms with Gasteiger partial charge in [0.1, 0.15) is 18.2 Å². The molecular weight excluding hydrogens is 318 g/mol. The second-order valence-corrected chi connectivity index (χ2v) is 5.72. The quantitative estimate of drug-likeness (QED) is 0.868. The fraction of sp³-hybridized carbons (Fsp3) is 0.235. The third kappa shape index (κ3) is 3.55. The molecule has 2 aromatic heterocycles. The van der Waals surface area contributed by atoms with Crippen LogP contribution in [0.25, 0.3) is 0 Å². The first-order valence-electron chi connectivity index (χ1n) is 7.74. The lowest BCUT2D eigenvalue weighted by Crippen LogP contribution is -2.51. The first-order chi connectivity index (χ1) is 12.1. The van der Waals surface area contributed by atoms with Crippen LogP contribution in [0.15, 0.2) is 41.8 Å². The summed E-state index contributed by atoms with van der Waals surface area (Å²) in [5, 5.41) is 13.5. The van der Waals surface area contributed by atoms with Crippen molar-refractivity contribution in [3.63, 3.8) is 0 Å². The zero-order valence-corrected chi connectivity index (χ0v) is 13.8. The normalized spacial score (nSPS) is 16.8. The number of amides is 1. The number of hydrogen-bond donors (Lipinski definition) is 2. The van der Waals surface area contributed by atoms with E-state index in [4.69, 9.17) is 5.26 Å². The first kappa shape index (κ1) is 16.4. The van der Waals surface area contributed by atoms with Crippen molar-refractivity contribution in [3.05, 3.63) is 53.5 Å². The third-order valence-electron chi connectivity index (χ3n) is 3.76. The lowest BCUT2D eigenvalue weighted by atomic mass is 10.2. The molecule has 8 nitrogen and oxygen atoms in total. The number of aliphatic imine (C=N–C) groups is 1. The average Bonchev–Trinajstić information content (AvgIpc) is 3.11. The Morgan fingerprint density at radius 1 is 1.40 bits per heavy atom. The van der Waals surface area contributed by atoms with E-state index in [1.807, 2.05) is 19.9 Å². The van der Waals surface area contributed by atoms with Gasteiger partial charge < -0.3 is 5.32 Å². The molecule has 0 aromatic carbocycles. The van der Waals surface area contributed by atoms with E-state index < -0.39 is 0 Å².